The van der Waals surface area contributed by atoms with Crippen molar-refractivity contribution in [3.05, 3.63) is 30.1 Å². The number of aromatic nitrogens is 1. The highest BCUT2D eigenvalue weighted by Gasteiger charge is 2.02. The van der Waals surface area contributed by atoms with Gasteiger partial charge in [0, 0.05) is 25.4 Å². The topological polar surface area (TPSA) is 51.2 Å². The first-order chi connectivity index (χ1) is 7.68. The first-order valence-corrected chi connectivity index (χ1v) is 5.45. The van der Waals surface area contributed by atoms with Gasteiger partial charge in [-0.3, -0.25) is 9.78 Å². The number of pyridine rings is 1. The molecule has 1 aromatic rings. The summed E-state index contributed by atoms with van der Waals surface area (Å²) in [6.07, 6.45) is 4.02. The first kappa shape index (κ1) is 12.6. The zero-order chi connectivity index (χ0) is 11.8. The van der Waals surface area contributed by atoms with Gasteiger partial charge in [0.15, 0.2) is 0 Å². The summed E-state index contributed by atoms with van der Waals surface area (Å²) in [5.41, 5.74) is 1.00. The second kappa shape index (κ2) is 6.95. The Bertz CT molecular complexity index is 312. The molecule has 0 spiro atoms. The molecule has 0 aromatic carbocycles. The number of carbonyl (C=O) groups excluding carboxylic acids is 1. The Balaban J connectivity index is 2.16. The van der Waals surface area contributed by atoms with E-state index in [0.717, 1.165) is 5.56 Å². The zero-order valence-electron chi connectivity index (χ0n) is 9.77. The molecule has 0 radical (unpaired) electrons. The van der Waals surface area contributed by atoms with E-state index in [1.165, 1.54) is 0 Å². The van der Waals surface area contributed by atoms with Crippen LogP contribution in [0, 0.1) is 0 Å². The van der Waals surface area contributed by atoms with Crippen LogP contribution in [0.2, 0.25) is 0 Å². The predicted molar refractivity (Wildman–Crippen MR) is 61.8 cm³/mol. The van der Waals surface area contributed by atoms with Crippen LogP contribution in [-0.4, -0.2) is 23.6 Å². The van der Waals surface area contributed by atoms with Crippen molar-refractivity contribution >= 4 is 5.91 Å². The number of rotatable bonds is 6. The maximum Gasteiger partial charge on any atom is 0.222 e. The van der Waals surface area contributed by atoms with Gasteiger partial charge in [-0.25, -0.2) is 0 Å². The van der Waals surface area contributed by atoms with Crippen LogP contribution >= 0.6 is 0 Å². The summed E-state index contributed by atoms with van der Waals surface area (Å²) in [7, 11) is 0. The average Bonchev–Trinajstić information content (AvgIpc) is 2.27. The lowest BCUT2D eigenvalue weighted by atomic mass is 10.3. The second-order valence-electron chi connectivity index (χ2n) is 3.81. The molecule has 1 N–H and O–H groups in total. The fourth-order valence-corrected chi connectivity index (χ4v) is 1.18. The third kappa shape index (κ3) is 5.46. The van der Waals surface area contributed by atoms with E-state index in [0.29, 0.717) is 19.6 Å². The molecule has 0 saturated carbocycles. The molecule has 4 heteroatoms. The van der Waals surface area contributed by atoms with Crippen molar-refractivity contribution in [2.45, 2.75) is 32.9 Å². The number of carbonyl (C=O) groups is 1. The van der Waals surface area contributed by atoms with Crippen LogP contribution in [0.3, 0.4) is 0 Å². The van der Waals surface area contributed by atoms with Crippen LogP contribution in [0.5, 0.6) is 0 Å². The Morgan fingerprint density at radius 2 is 2.38 bits per heavy atom. The Morgan fingerprint density at radius 3 is 3.00 bits per heavy atom. The molecule has 1 amide bonds. The van der Waals surface area contributed by atoms with E-state index in [9.17, 15) is 4.79 Å². The molecule has 0 aliphatic carbocycles. The molecular formula is C12H18N2O2. The summed E-state index contributed by atoms with van der Waals surface area (Å²) < 4.78 is 5.29. The third-order valence-electron chi connectivity index (χ3n) is 1.99. The maximum atomic E-state index is 11.4. The third-order valence-corrected chi connectivity index (χ3v) is 1.99. The molecule has 1 heterocycles. The fourth-order valence-electron chi connectivity index (χ4n) is 1.18. The number of nitrogens with zero attached hydrogens (tertiary/aromatic N) is 1. The minimum Gasteiger partial charge on any atom is -0.378 e. The summed E-state index contributed by atoms with van der Waals surface area (Å²) in [5, 5.41) is 2.81. The SMILES string of the molecule is CC(C)OCCC(=O)NCc1cccnc1. The molecule has 88 valence electrons. The van der Waals surface area contributed by atoms with Crippen LogP contribution in [0.4, 0.5) is 0 Å². The number of amides is 1. The highest BCUT2D eigenvalue weighted by Crippen LogP contribution is 1.95. The number of ether oxygens (including phenoxy) is 1. The molecule has 0 atom stereocenters. The van der Waals surface area contributed by atoms with Gasteiger partial charge in [-0.05, 0) is 25.5 Å². The zero-order valence-corrected chi connectivity index (χ0v) is 9.77. The van der Waals surface area contributed by atoms with Gasteiger partial charge in [-0.2, -0.15) is 0 Å². The van der Waals surface area contributed by atoms with Crippen LogP contribution < -0.4 is 5.32 Å². The van der Waals surface area contributed by atoms with Gasteiger partial charge in [-0.15, -0.1) is 0 Å². The molecule has 0 saturated heterocycles. The van der Waals surface area contributed by atoms with Crippen LogP contribution in [0.15, 0.2) is 24.5 Å². The van der Waals surface area contributed by atoms with Crippen LogP contribution in [-0.2, 0) is 16.1 Å². The minimum absolute atomic E-state index is 0.00417. The van der Waals surface area contributed by atoms with Crippen molar-refractivity contribution in [1.82, 2.24) is 10.3 Å². The molecule has 1 rings (SSSR count). The minimum atomic E-state index is 0.00417. The highest BCUT2D eigenvalue weighted by atomic mass is 16.5. The molecule has 0 aliphatic heterocycles. The first-order valence-electron chi connectivity index (χ1n) is 5.45. The normalized spacial score (nSPS) is 10.4. The molecule has 0 bridgehead atoms. The van der Waals surface area contributed by atoms with E-state index in [-0.39, 0.29) is 12.0 Å². The van der Waals surface area contributed by atoms with E-state index in [1.54, 1.807) is 12.4 Å². The summed E-state index contributed by atoms with van der Waals surface area (Å²) in [6, 6.07) is 3.78. The van der Waals surface area contributed by atoms with Gasteiger partial charge in [0.25, 0.3) is 0 Å². The van der Waals surface area contributed by atoms with Crippen molar-refractivity contribution in [2.75, 3.05) is 6.61 Å². The Labute approximate surface area is 96.0 Å². The smallest absolute Gasteiger partial charge is 0.222 e. The molecule has 0 aliphatic rings. The Morgan fingerprint density at radius 1 is 1.56 bits per heavy atom. The maximum absolute atomic E-state index is 11.4. The standard InChI is InChI=1S/C12H18N2O2/c1-10(2)16-7-5-12(15)14-9-11-4-3-6-13-8-11/h3-4,6,8,10H,5,7,9H2,1-2H3,(H,14,15). The lowest BCUT2D eigenvalue weighted by Gasteiger charge is -2.07. The van der Waals surface area contributed by atoms with Gasteiger partial charge in [0.05, 0.1) is 12.7 Å². The molecule has 0 fully saturated rings. The van der Waals surface area contributed by atoms with E-state index in [2.05, 4.69) is 10.3 Å². The van der Waals surface area contributed by atoms with Crippen molar-refractivity contribution in [3.63, 3.8) is 0 Å². The van der Waals surface area contributed by atoms with Crippen molar-refractivity contribution in [1.29, 1.82) is 0 Å². The molecular weight excluding hydrogens is 204 g/mol. The fraction of sp³-hybridized carbons (Fsp3) is 0.500. The van der Waals surface area contributed by atoms with Gasteiger partial charge < -0.3 is 10.1 Å². The average molecular weight is 222 g/mol. The van der Waals surface area contributed by atoms with Crippen molar-refractivity contribution in [3.8, 4) is 0 Å². The summed E-state index contributed by atoms with van der Waals surface area (Å²) in [6.45, 7) is 4.89. The highest BCUT2D eigenvalue weighted by molar-refractivity contribution is 5.75. The summed E-state index contributed by atoms with van der Waals surface area (Å²) in [4.78, 5) is 15.4. The van der Waals surface area contributed by atoms with Gasteiger partial charge in [0.1, 0.15) is 0 Å². The molecule has 1 aromatic heterocycles. The van der Waals surface area contributed by atoms with E-state index >= 15 is 0 Å². The van der Waals surface area contributed by atoms with E-state index in [1.807, 2.05) is 26.0 Å². The number of nitrogens with one attached hydrogen (secondary N) is 1. The quantitative estimate of drug-likeness (QED) is 0.793. The van der Waals surface area contributed by atoms with Crippen molar-refractivity contribution < 1.29 is 9.53 Å². The lowest BCUT2D eigenvalue weighted by molar-refractivity contribution is -0.122. The van der Waals surface area contributed by atoms with Gasteiger partial charge >= 0.3 is 0 Å². The monoisotopic (exact) mass is 222 g/mol. The van der Waals surface area contributed by atoms with Gasteiger partial charge in [0.2, 0.25) is 5.91 Å². The largest absolute Gasteiger partial charge is 0.378 e. The van der Waals surface area contributed by atoms with Crippen molar-refractivity contribution in [2.24, 2.45) is 0 Å². The van der Waals surface area contributed by atoms with Crippen LogP contribution in [0.1, 0.15) is 25.8 Å². The van der Waals surface area contributed by atoms with Crippen LogP contribution in [0.25, 0.3) is 0 Å². The summed E-state index contributed by atoms with van der Waals surface area (Å²) >= 11 is 0. The predicted octanol–water partition coefficient (Wildman–Crippen LogP) is 1.51. The van der Waals surface area contributed by atoms with E-state index in [4.69, 9.17) is 4.74 Å². The lowest BCUT2D eigenvalue weighted by Crippen LogP contribution is -2.24. The van der Waals surface area contributed by atoms with E-state index < -0.39 is 0 Å². The Hall–Kier alpha value is -1.42. The Kier molecular flexibility index (Phi) is 5.50. The molecule has 4 nitrogen and oxygen atoms in total. The molecule has 16 heavy (non-hydrogen) atoms. The second-order valence-corrected chi connectivity index (χ2v) is 3.81. The summed E-state index contributed by atoms with van der Waals surface area (Å²) in [5.74, 6) is 0.00417. The number of hydrogen-bond donors (Lipinski definition) is 1. The number of hydrogen-bond acceptors (Lipinski definition) is 3. The van der Waals surface area contributed by atoms with Gasteiger partial charge in [-0.1, -0.05) is 6.07 Å². The molecule has 0 unspecified atom stereocenters.